The third-order valence-electron chi connectivity index (χ3n) is 13.2. The molecule has 3 aliphatic heterocycles. The van der Waals surface area contributed by atoms with Gasteiger partial charge in [0.15, 0.2) is 0 Å². The van der Waals surface area contributed by atoms with Crippen LogP contribution < -0.4 is 20.3 Å². The molecule has 4 N–H and O–H groups in total. The van der Waals surface area contributed by atoms with E-state index in [9.17, 15) is 19.8 Å². The number of nitrogens with zero attached hydrogens (tertiary/aromatic N) is 3. The lowest BCUT2D eigenvalue weighted by Crippen LogP contribution is -2.62. The molecule has 2 amide bonds. The molecule has 3 heterocycles. The topological polar surface area (TPSA) is 129 Å². The van der Waals surface area contributed by atoms with Gasteiger partial charge in [-0.25, -0.2) is 0 Å². The molecular weight excluding hydrogens is 683 g/mol. The molecule has 3 aromatic carbocycles. The number of carbonyl (C=O) groups is 2. The van der Waals surface area contributed by atoms with E-state index in [1.807, 2.05) is 67.5 Å². The molecule has 3 saturated carbocycles. The first-order valence-electron chi connectivity index (χ1n) is 19.3. The number of hydrogen-bond acceptors (Lipinski definition) is 8. The number of hydroxylamine groups is 2. The van der Waals surface area contributed by atoms with Gasteiger partial charge in [-0.1, -0.05) is 57.2 Å². The highest BCUT2D eigenvalue weighted by Gasteiger charge is 2.57. The standard InChI is InChI=1S/C43H53N5O6/c1-23-32-18-28(43(32,3)4)19-33(23)45-42(52)39-37(24(2)50)36(22-49)54-47(39)21-25-11-10-13-30(40(25)53-7)26-15-27(17-29(16-26)46(5)6)41(51)44-20-35-38-31-12-8-9-14-34(31)48(35)38/h8-17,23-24,28,32-33,36-37,39,49-50H,18-22H2,1-7H3,(H,44,51)(H,45,52)/t23-,24-,28+,32-,33-,36-,37-,39-,48?/m0/s1. The fourth-order valence-corrected chi connectivity index (χ4v) is 9.97. The minimum absolute atomic E-state index is 0.0396. The van der Waals surface area contributed by atoms with Gasteiger partial charge in [0.2, 0.25) is 5.91 Å². The number of methoxy groups -OCH3 is 1. The maximum atomic E-state index is 14.3. The third-order valence-corrected chi connectivity index (χ3v) is 13.2. The van der Waals surface area contributed by atoms with E-state index in [1.54, 1.807) is 19.1 Å². The van der Waals surface area contributed by atoms with Crippen molar-refractivity contribution in [3.05, 3.63) is 77.5 Å². The summed E-state index contributed by atoms with van der Waals surface area (Å²) in [5, 5.41) is 30.6. The molecule has 6 aliphatic rings. The zero-order chi connectivity index (χ0) is 38.2. The summed E-state index contributed by atoms with van der Waals surface area (Å²) in [5.41, 5.74) is 7.51. The number of rotatable bonds is 12. The van der Waals surface area contributed by atoms with E-state index in [0.29, 0.717) is 35.6 Å². The van der Waals surface area contributed by atoms with Gasteiger partial charge in [-0.15, -0.1) is 0 Å². The van der Waals surface area contributed by atoms with Crippen LogP contribution in [-0.4, -0.2) is 83.8 Å². The van der Waals surface area contributed by atoms with Crippen molar-refractivity contribution < 1.29 is 29.4 Å². The lowest BCUT2D eigenvalue weighted by molar-refractivity contribution is -0.183. The Hall–Kier alpha value is -4.42. The molecule has 0 aromatic heterocycles. The Morgan fingerprint density at radius 1 is 1.09 bits per heavy atom. The summed E-state index contributed by atoms with van der Waals surface area (Å²) in [4.78, 5) is 36.2. The molecular formula is C43H53N5O6. The Kier molecular flexibility index (Phi) is 9.28. The van der Waals surface area contributed by atoms with Crippen molar-refractivity contribution in [2.45, 2.75) is 77.9 Å². The van der Waals surface area contributed by atoms with Gasteiger partial charge in [0.1, 0.15) is 17.9 Å². The molecule has 0 radical (unpaired) electrons. The SMILES string of the molecule is COc1c(CN2O[C@@H](CO)[C@H]([C@H](C)O)[C@H]2C(=O)N[C@H]2C[C@H]3C[C@@H]([C@@H]2C)C3(C)C)cccc1-c1cc(C(=O)NCc2c3c4ccccc4n2-3)cc(N(C)C)c1. The van der Waals surface area contributed by atoms with E-state index >= 15 is 0 Å². The molecule has 2 bridgehead atoms. The maximum Gasteiger partial charge on any atom is 0.251 e. The number of ether oxygens (including phenoxy) is 1. The number of hydrogen-bond donors (Lipinski definition) is 4. The highest BCUT2D eigenvalue weighted by molar-refractivity contribution is 6.03. The number of amides is 2. The van der Waals surface area contributed by atoms with Crippen LogP contribution in [0.5, 0.6) is 5.75 Å². The van der Waals surface area contributed by atoms with Crippen molar-refractivity contribution in [3.63, 3.8) is 0 Å². The number of aliphatic hydroxyl groups excluding tert-OH is 2. The number of nitrogens with one attached hydrogen (secondary N) is 2. The number of aliphatic hydroxyl groups is 2. The molecule has 8 atom stereocenters. The van der Waals surface area contributed by atoms with Crippen LogP contribution in [0.1, 0.15) is 62.2 Å². The monoisotopic (exact) mass is 735 g/mol. The number of anilines is 1. The number of carbonyl (C=O) groups excluding carboxylic acids is 2. The minimum atomic E-state index is -0.898. The van der Waals surface area contributed by atoms with Crippen LogP contribution in [-0.2, 0) is 22.7 Å². The molecule has 54 heavy (non-hydrogen) atoms. The second-order valence-electron chi connectivity index (χ2n) is 16.7. The minimum Gasteiger partial charge on any atom is -0.496 e. The second-order valence-corrected chi connectivity index (χ2v) is 16.7. The van der Waals surface area contributed by atoms with E-state index in [0.717, 1.165) is 34.5 Å². The van der Waals surface area contributed by atoms with Crippen LogP contribution in [0.2, 0.25) is 0 Å². The summed E-state index contributed by atoms with van der Waals surface area (Å²) in [5.74, 6) is 1.03. The first-order valence-corrected chi connectivity index (χ1v) is 19.3. The molecule has 11 nitrogen and oxygen atoms in total. The second kappa shape index (κ2) is 13.7. The van der Waals surface area contributed by atoms with Gasteiger partial charge in [0, 0.05) is 53.8 Å². The molecule has 4 fully saturated rings. The van der Waals surface area contributed by atoms with E-state index in [4.69, 9.17) is 9.57 Å². The Bertz CT molecular complexity index is 2070. The van der Waals surface area contributed by atoms with Crippen LogP contribution in [0.4, 0.5) is 5.69 Å². The van der Waals surface area contributed by atoms with Crippen LogP contribution in [0.3, 0.4) is 0 Å². The molecule has 0 unspecified atom stereocenters. The highest BCUT2D eigenvalue weighted by Crippen LogP contribution is 2.61. The maximum absolute atomic E-state index is 14.3. The van der Waals surface area contributed by atoms with Gasteiger partial charge < -0.3 is 35.1 Å². The Morgan fingerprint density at radius 2 is 1.87 bits per heavy atom. The normalized spacial score (nSPS) is 26.9. The summed E-state index contributed by atoms with van der Waals surface area (Å²) in [7, 11) is 5.49. The number of benzene rings is 3. The molecule has 11 heteroatoms. The van der Waals surface area contributed by atoms with Gasteiger partial charge in [-0.05, 0) is 72.8 Å². The molecule has 3 aromatic rings. The lowest BCUT2D eigenvalue weighted by Gasteiger charge is -2.62. The zero-order valence-corrected chi connectivity index (χ0v) is 32.3. The van der Waals surface area contributed by atoms with Crippen LogP contribution >= 0.6 is 0 Å². The molecule has 286 valence electrons. The van der Waals surface area contributed by atoms with E-state index in [-0.39, 0.29) is 36.4 Å². The Labute approximate surface area is 317 Å². The predicted molar refractivity (Wildman–Crippen MR) is 208 cm³/mol. The fourth-order valence-electron chi connectivity index (χ4n) is 9.97. The number of para-hydroxylation sites is 2. The van der Waals surface area contributed by atoms with Crippen molar-refractivity contribution in [2.24, 2.45) is 29.1 Å². The van der Waals surface area contributed by atoms with Crippen LogP contribution in [0, 0.1) is 29.1 Å². The van der Waals surface area contributed by atoms with Crippen LogP contribution in [0.25, 0.3) is 27.7 Å². The first-order chi connectivity index (χ1) is 25.8. The molecule has 9 rings (SSSR count). The molecule has 1 saturated heterocycles. The summed E-state index contributed by atoms with van der Waals surface area (Å²) in [6, 6.07) is 19.0. The predicted octanol–water partition coefficient (Wildman–Crippen LogP) is 5.28. The highest BCUT2D eigenvalue weighted by atomic mass is 16.7. The van der Waals surface area contributed by atoms with Crippen molar-refractivity contribution in [1.29, 1.82) is 0 Å². The summed E-state index contributed by atoms with van der Waals surface area (Å²) in [6.07, 6.45) is 0.484. The summed E-state index contributed by atoms with van der Waals surface area (Å²) >= 11 is 0. The van der Waals surface area contributed by atoms with Crippen molar-refractivity contribution in [1.82, 2.24) is 20.3 Å². The quantitative estimate of drug-likeness (QED) is 0.137. The van der Waals surface area contributed by atoms with Gasteiger partial charge in [-0.2, -0.15) is 5.06 Å². The largest absolute Gasteiger partial charge is 0.496 e. The van der Waals surface area contributed by atoms with Gasteiger partial charge in [0.05, 0.1) is 49.8 Å². The van der Waals surface area contributed by atoms with Crippen molar-refractivity contribution in [3.8, 4) is 22.6 Å². The zero-order valence-electron chi connectivity index (χ0n) is 32.3. The molecule has 0 spiro atoms. The first kappa shape index (κ1) is 36.6. The Morgan fingerprint density at radius 3 is 2.54 bits per heavy atom. The van der Waals surface area contributed by atoms with Gasteiger partial charge in [0.25, 0.3) is 5.91 Å². The fraction of sp³-hybridized carbons (Fsp3) is 0.488. The average molecular weight is 736 g/mol. The smallest absolute Gasteiger partial charge is 0.251 e. The van der Waals surface area contributed by atoms with E-state index in [2.05, 4.69) is 48.1 Å². The van der Waals surface area contributed by atoms with Crippen LogP contribution in [0.15, 0.2) is 60.7 Å². The molecule has 3 aliphatic carbocycles. The van der Waals surface area contributed by atoms with Crippen molar-refractivity contribution in [2.75, 3.05) is 32.7 Å². The van der Waals surface area contributed by atoms with E-state index < -0.39 is 24.2 Å². The lowest BCUT2D eigenvalue weighted by atomic mass is 9.45. The van der Waals surface area contributed by atoms with Gasteiger partial charge in [-0.3, -0.25) is 14.4 Å². The van der Waals surface area contributed by atoms with Crippen molar-refractivity contribution >= 4 is 28.4 Å². The summed E-state index contributed by atoms with van der Waals surface area (Å²) < 4.78 is 8.26. The Balaban J connectivity index is 1.05. The average Bonchev–Trinajstić information content (AvgIpc) is 3.64. The number of fused-ring (bicyclic) bond motifs is 6. The number of aromatic nitrogens is 1. The van der Waals surface area contributed by atoms with Gasteiger partial charge >= 0.3 is 0 Å². The third kappa shape index (κ3) is 5.96. The van der Waals surface area contributed by atoms with E-state index in [1.165, 1.54) is 23.0 Å². The summed E-state index contributed by atoms with van der Waals surface area (Å²) in [6.45, 7) is 8.84.